The number of aromatic nitrogens is 7. The normalized spacial score (nSPS) is 14.6. The van der Waals surface area contributed by atoms with Crippen LogP contribution in [0.15, 0.2) is 49.4 Å². The van der Waals surface area contributed by atoms with E-state index in [4.69, 9.17) is 0 Å². The van der Waals surface area contributed by atoms with Gasteiger partial charge in [0.15, 0.2) is 11.6 Å². The van der Waals surface area contributed by atoms with Crippen LogP contribution in [0.3, 0.4) is 0 Å². The molecule has 4 aromatic heterocycles. The summed E-state index contributed by atoms with van der Waals surface area (Å²) >= 11 is 0. The van der Waals surface area contributed by atoms with E-state index in [0.29, 0.717) is 11.5 Å². The number of piperazine rings is 1. The Bertz CT molecular complexity index is 1100. The van der Waals surface area contributed by atoms with Crippen LogP contribution in [0.25, 0.3) is 17.2 Å². The minimum Gasteiger partial charge on any atom is -0.368 e. The highest BCUT2D eigenvalue weighted by molar-refractivity contribution is 5.68. The van der Waals surface area contributed by atoms with Crippen LogP contribution < -0.4 is 9.80 Å². The van der Waals surface area contributed by atoms with Gasteiger partial charge >= 0.3 is 0 Å². The Morgan fingerprint density at radius 2 is 1.64 bits per heavy atom. The zero-order valence-corrected chi connectivity index (χ0v) is 15.5. The van der Waals surface area contributed by atoms with E-state index in [9.17, 15) is 0 Å². The first-order chi connectivity index (χ1) is 13.8. The summed E-state index contributed by atoms with van der Waals surface area (Å²) in [6.45, 7) is 5.65. The van der Waals surface area contributed by atoms with Crippen LogP contribution in [0.2, 0.25) is 0 Å². The van der Waals surface area contributed by atoms with Gasteiger partial charge in [0.2, 0.25) is 5.65 Å². The van der Waals surface area contributed by atoms with Gasteiger partial charge in [-0.3, -0.25) is 14.4 Å². The van der Waals surface area contributed by atoms with Crippen molar-refractivity contribution in [2.24, 2.45) is 0 Å². The average molecular weight is 373 g/mol. The second kappa shape index (κ2) is 6.84. The molecule has 0 spiro atoms. The smallest absolute Gasteiger partial charge is 0.204 e. The summed E-state index contributed by atoms with van der Waals surface area (Å²) in [5.74, 6) is 1.51. The minimum atomic E-state index is 0.665. The Balaban J connectivity index is 1.42. The summed E-state index contributed by atoms with van der Waals surface area (Å²) in [4.78, 5) is 21.9. The number of rotatable bonds is 3. The third-order valence-electron chi connectivity index (χ3n) is 5.01. The Hall–Kier alpha value is -3.62. The van der Waals surface area contributed by atoms with Gasteiger partial charge in [0.05, 0.1) is 6.20 Å². The molecule has 0 saturated carbocycles. The molecule has 5 heterocycles. The van der Waals surface area contributed by atoms with Gasteiger partial charge in [0.25, 0.3) is 0 Å². The third kappa shape index (κ3) is 2.81. The number of fused-ring (bicyclic) bond motifs is 1. The Labute approximate surface area is 161 Å². The van der Waals surface area contributed by atoms with E-state index < -0.39 is 0 Å². The molecule has 9 heteroatoms. The second-order valence-electron chi connectivity index (χ2n) is 6.69. The summed E-state index contributed by atoms with van der Waals surface area (Å²) in [7, 11) is 0. The fraction of sp³-hybridized carbons (Fsp3) is 0.263. The number of hydrogen-bond donors (Lipinski definition) is 0. The van der Waals surface area contributed by atoms with Crippen LogP contribution in [0.1, 0.15) is 5.56 Å². The van der Waals surface area contributed by atoms with Crippen LogP contribution in [-0.2, 0) is 0 Å². The van der Waals surface area contributed by atoms with Crippen molar-refractivity contribution < 1.29 is 0 Å². The van der Waals surface area contributed by atoms with Crippen LogP contribution in [0, 0.1) is 6.92 Å². The Morgan fingerprint density at radius 1 is 0.821 bits per heavy atom. The first kappa shape index (κ1) is 16.5. The molecule has 0 N–H and O–H groups in total. The summed E-state index contributed by atoms with van der Waals surface area (Å²) in [6.07, 6.45) is 12.4. The van der Waals surface area contributed by atoms with Crippen molar-refractivity contribution in [3.8, 4) is 11.5 Å². The molecule has 1 fully saturated rings. The molecule has 5 rings (SSSR count). The maximum atomic E-state index is 4.59. The molecule has 1 aliphatic heterocycles. The predicted octanol–water partition coefficient (Wildman–Crippen LogP) is 1.61. The monoisotopic (exact) mass is 373 g/mol. The van der Waals surface area contributed by atoms with Gasteiger partial charge in [-0.15, -0.1) is 10.2 Å². The molecular formula is C19H19N9. The summed E-state index contributed by atoms with van der Waals surface area (Å²) in [5, 5.41) is 8.70. The lowest BCUT2D eigenvalue weighted by Gasteiger charge is -2.37. The van der Waals surface area contributed by atoms with E-state index in [1.54, 1.807) is 24.8 Å². The number of pyridine rings is 1. The third-order valence-corrected chi connectivity index (χ3v) is 5.01. The maximum Gasteiger partial charge on any atom is 0.204 e. The number of nitrogens with zero attached hydrogens (tertiary/aromatic N) is 9. The van der Waals surface area contributed by atoms with Gasteiger partial charge in [-0.1, -0.05) is 0 Å². The van der Waals surface area contributed by atoms with Crippen molar-refractivity contribution in [3.63, 3.8) is 0 Å². The molecule has 28 heavy (non-hydrogen) atoms. The number of aryl methyl sites for hydroxylation is 1. The van der Waals surface area contributed by atoms with Gasteiger partial charge in [-0.2, -0.15) is 0 Å². The van der Waals surface area contributed by atoms with Crippen LogP contribution in [0.5, 0.6) is 0 Å². The van der Waals surface area contributed by atoms with Crippen LogP contribution >= 0.6 is 0 Å². The van der Waals surface area contributed by atoms with Crippen molar-refractivity contribution in [3.05, 3.63) is 55.0 Å². The van der Waals surface area contributed by atoms with E-state index in [1.165, 1.54) is 11.3 Å². The van der Waals surface area contributed by atoms with Crippen molar-refractivity contribution in [2.45, 2.75) is 6.92 Å². The van der Waals surface area contributed by atoms with Crippen molar-refractivity contribution >= 4 is 17.2 Å². The highest BCUT2D eigenvalue weighted by Gasteiger charge is 2.23. The molecular weight excluding hydrogens is 354 g/mol. The predicted molar refractivity (Wildman–Crippen MR) is 105 cm³/mol. The van der Waals surface area contributed by atoms with Crippen LogP contribution in [0.4, 0.5) is 11.5 Å². The van der Waals surface area contributed by atoms with Gasteiger partial charge in [-0.05, 0) is 18.6 Å². The van der Waals surface area contributed by atoms with Gasteiger partial charge in [0, 0.05) is 69.0 Å². The first-order valence-electron chi connectivity index (χ1n) is 9.18. The molecule has 140 valence electrons. The van der Waals surface area contributed by atoms with E-state index >= 15 is 0 Å². The van der Waals surface area contributed by atoms with Gasteiger partial charge in [-0.25, -0.2) is 9.97 Å². The summed E-state index contributed by atoms with van der Waals surface area (Å²) < 4.78 is 1.92. The lowest BCUT2D eigenvalue weighted by Crippen LogP contribution is -2.47. The Morgan fingerprint density at radius 3 is 2.43 bits per heavy atom. The fourth-order valence-corrected chi connectivity index (χ4v) is 3.61. The van der Waals surface area contributed by atoms with Gasteiger partial charge < -0.3 is 9.80 Å². The largest absolute Gasteiger partial charge is 0.368 e. The molecule has 0 bridgehead atoms. The topological polar surface area (TPSA) is 88.2 Å². The SMILES string of the molecule is Cc1cnccc1N1CCN(c2nccn3c(-c4cnccn4)nnc23)CC1. The molecule has 1 aliphatic rings. The highest BCUT2D eigenvalue weighted by atomic mass is 15.3. The van der Waals surface area contributed by atoms with Crippen molar-refractivity contribution in [1.82, 2.24) is 34.5 Å². The quantitative estimate of drug-likeness (QED) is 0.535. The fourth-order valence-electron chi connectivity index (χ4n) is 3.61. The number of anilines is 2. The second-order valence-corrected chi connectivity index (χ2v) is 6.69. The molecule has 9 nitrogen and oxygen atoms in total. The van der Waals surface area contributed by atoms with E-state index in [0.717, 1.165) is 37.6 Å². The van der Waals surface area contributed by atoms with Crippen molar-refractivity contribution in [1.29, 1.82) is 0 Å². The molecule has 0 radical (unpaired) electrons. The molecule has 0 unspecified atom stereocenters. The standard InChI is InChI=1S/C19H19N9/c1-14-12-20-3-2-16(14)26-8-10-27(11-9-26)18-19-25-24-17(28(19)7-6-23-18)15-13-21-4-5-22-15/h2-7,12-13H,8-11H2,1H3. The lowest BCUT2D eigenvalue weighted by atomic mass is 10.2. The molecule has 0 aliphatic carbocycles. The summed E-state index contributed by atoms with van der Waals surface area (Å²) in [5.41, 5.74) is 3.86. The van der Waals surface area contributed by atoms with E-state index in [2.05, 4.69) is 52.9 Å². The average Bonchev–Trinajstić information content (AvgIpc) is 3.19. The zero-order chi connectivity index (χ0) is 18.9. The Kier molecular flexibility index (Phi) is 4.04. The lowest BCUT2D eigenvalue weighted by molar-refractivity contribution is 0.646. The van der Waals surface area contributed by atoms with Gasteiger partial charge in [0.1, 0.15) is 5.69 Å². The minimum absolute atomic E-state index is 0.665. The molecule has 1 saturated heterocycles. The van der Waals surface area contributed by atoms with Crippen LogP contribution in [-0.4, -0.2) is 60.7 Å². The first-order valence-corrected chi connectivity index (χ1v) is 9.18. The van der Waals surface area contributed by atoms with E-state index in [1.807, 2.05) is 23.0 Å². The molecule has 0 aromatic carbocycles. The van der Waals surface area contributed by atoms with E-state index in [-0.39, 0.29) is 0 Å². The molecule has 0 amide bonds. The molecule has 0 atom stereocenters. The van der Waals surface area contributed by atoms with Crippen molar-refractivity contribution in [2.75, 3.05) is 36.0 Å². The molecule has 4 aromatic rings. The number of hydrogen-bond acceptors (Lipinski definition) is 8. The zero-order valence-electron chi connectivity index (χ0n) is 15.5. The summed E-state index contributed by atoms with van der Waals surface area (Å²) in [6, 6.07) is 2.08. The highest BCUT2D eigenvalue weighted by Crippen LogP contribution is 2.25. The maximum absolute atomic E-state index is 4.59.